The molecule has 0 aliphatic heterocycles. The number of fused-ring (bicyclic) bond motifs is 2. The Morgan fingerprint density at radius 1 is 1.04 bits per heavy atom. The molecule has 4 nitrogen and oxygen atoms in total. The number of aromatic nitrogens is 2. The maximum atomic E-state index is 12.6. The number of halogens is 1. The predicted octanol–water partition coefficient (Wildman–Crippen LogP) is 5.57. The van der Waals surface area contributed by atoms with E-state index in [4.69, 9.17) is 11.6 Å². The van der Waals surface area contributed by atoms with Gasteiger partial charge in [0.05, 0.1) is 0 Å². The lowest BCUT2D eigenvalue weighted by Crippen LogP contribution is -2.26. The molecule has 0 atom stereocenters. The van der Waals surface area contributed by atoms with Crippen LogP contribution < -0.4 is 5.32 Å². The van der Waals surface area contributed by atoms with Gasteiger partial charge in [-0.05, 0) is 42.3 Å². The molecule has 5 heteroatoms. The third-order valence-electron chi connectivity index (χ3n) is 5.05. The number of rotatable bonds is 4. The largest absolute Gasteiger partial charge is 0.358 e. The van der Waals surface area contributed by atoms with Gasteiger partial charge < -0.3 is 15.3 Å². The summed E-state index contributed by atoms with van der Waals surface area (Å²) in [5.41, 5.74) is 5.10. The van der Waals surface area contributed by atoms with Crippen molar-refractivity contribution in [2.45, 2.75) is 32.6 Å². The van der Waals surface area contributed by atoms with E-state index >= 15 is 0 Å². The monoisotopic (exact) mass is 393 g/mol. The van der Waals surface area contributed by atoms with Gasteiger partial charge in [0.1, 0.15) is 5.69 Å². The molecule has 2 aromatic heterocycles. The Kier molecular flexibility index (Phi) is 4.68. The summed E-state index contributed by atoms with van der Waals surface area (Å²) in [6.45, 7) is 7.18. The minimum absolute atomic E-state index is 0.00874. The van der Waals surface area contributed by atoms with E-state index in [0.717, 1.165) is 22.8 Å². The fourth-order valence-electron chi connectivity index (χ4n) is 3.72. The first-order chi connectivity index (χ1) is 13.3. The van der Waals surface area contributed by atoms with Gasteiger partial charge in [-0.3, -0.25) is 4.79 Å². The summed E-state index contributed by atoms with van der Waals surface area (Å²) in [7, 11) is 0. The van der Waals surface area contributed by atoms with Gasteiger partial charge in [0.15, 0.2) is 0 Å². The SMILES string of the molecule is CC(C)(C)c1[nH]c2ccccc2c1CCNC(=O)c1cc2cc(Cl)ccc2[nH]1. The molecule has 2 heterocycles. The maximum absolute atomic E-state index is 12.6. The number of carbonyl (C=O) groups excluding carboxylic acids is 1. The van der Waals surface area contributed by atoms with Crippen molar-refractivity contribution in [3.05, 3.63) is 70.5 Å². The predicted molar refractivity (Wildman–Crippen MR) is 116 cm³/mol. The lowest BCUT2D eigenvalue weighted by atomic mass is 9.88. The highest BCUT2D eigenvalue weighted by Crippen LogP contribution is 2.31. The summed E-state index contributed by atoms with van der Waals surface area (Å²) in [6, 6.07) is 15.7. The zero-order chi connectivity index (χ0) is 19.9. The molecule has 0 saturated heterocycles. The lowest BCUT2D eigenvalue weighted by Gasteiger charge is -2.19. The number of hydrogen-bond acceptors (Lipinski definition) is 1. The molecular weight excluding hydrogens is 370 g/mol. The topological polar surface area (TPSA) is 60.7 Å². The van der Waals surface area contributed by atoms with Crippen molar-refractivity contribution in [2.24, 2.45) is 0 Å². The molecule has 0 aliphatic carbocycles. The number of benzene rings is 2. The Bertz CT molecular complexity index is 1160. The van der Waals surface area contributed by atoms with E-state index in [1.165, 1.54) is 16.6 Å². The first-order valence-electron chi connectivity index (χ1n) is 9.49. The van der Waals surface area contributed by atoms with Crippen molar-refractivity contribution in [3.8, 4) is 0 Å². The van der Waals surface area contributed by atoms with Crippen molar-refractivity contribution < 1.29 is 4.79 Å². The molecule has 0 fully saturated rings. The molecule has 4 rings (SSSR count). The first-order valence-corrected chi connectivity index (χ1v) is 9.87. The summed E-state index contributed by atoms with van der Waals surface area (Å²) >= 11 is 6.03. The van der Waals surface area contributed by atoms with Crippen LogP contribution in [0.15, 0.2) is 48.5 Å². The minimum atomic E-state index is -0.107. The van der Waals surface area contributed by atoms with Crippen LogP contribution in [0.5, 0.6) is 0 Å². The second-order valence-corrected chi connectivity index (χ2v) is 8.63. The third-order valence-corrected chi connectivity index (χ3v) is 5.29. The summed E-state index contributed by atoms with van der Waals surface area (Å²) in [5.74, 6) is -0.107. The van der Waals surface area contributed by atoms with E-state index in [1.54, 1.807) is 0 Å². The van der Waals surface area contributed by atoms with Gasteiger partial charge in [-0.1, -0.05) is 50.6 Å². The van der Waals surface area contributed by atoms with E-state index in [-0.39, 0.29) is 11.3 Å². The molecule has 0 radical (unpaired) electrons. The van der Waals surface area contributed by atoms with Crippen molar-refractivity contribution in [2.75, 3.05) is 6.54 Å². The number of amides is 1. The van der Waals surface area contributed by atoms with E-state index in [9.17, 15) is 4.79 Å². The van der Waals surface area contributed by atoms with Crippen molar-refractivity contribution in [1.29, 1.82) is 0 Å². The van der Waals surface area contributed by atoms with Crippen molar-refractivity contribution >= 4 is 39.3 Å². The lowest BCUT2D eigenvalue weighted by molar-refractivity contribution is 0.0950. The number of hydrogen-bond donors (Lipinski definition) is 3. The van der Waals surface area contributed by atoms with Gasteiger partial charge in [-0.15, -0.1) is 0 Å². The molecule has 0 spiro atoms. The summed E-state index contributed by atoms with van der Waals surface area (Å²) in [5, 5.41) is 5.86. The quantitative estimate of drug-likeness (QED) is 0.417. The molecule has 0 bridgehead atoms. The van der Waals surface area contributed by atoms with Crippen LogP contribution in [0.1, 0.15) is 42.5 Å². The second kappa shape index (κ2) is 7.02. The van der Waals surface area contributed by atoms with Crippen LogP contribution in [0, 0.1) is 0 Å². The number of nitrogens with one attached hydrogen (secondary N) is 3. The Hall–Kier alpha value is -2.72. The first kappa shape index (κ1) is 18.6. The summed E-state index contributed by atoms with van der Waals surface area (Å²) in [4.78, 5) is 19.3. The number of H-pyrrole nitrogens is 2. The molecular formula is C23H24ClN3O. The van der Waals surface area contributed by atoms with Crippen LogP contribution in [-0.4, -0.2) is 22.4 Å². The zero-order valence-electron chi connectivity index (χ0n) is 16.3. The number of carbonyl (C=O) groups is 1. The van der Waals surface area contributed by atoms with E-state index < -0.39 is 0 Å². The molecule has 1 amide bonds. The van der Waals surface area contributed by atoms with Gasteiger partial charge in [0.2, 0.25) is 0 Å². The zero-order valence-corrected chi connectivity index (χ0v) is 17.1. The standard InChI is InChI=1S/C23H24ClN3O/c1-23(2,3)21-17(16-6-4-5-7-19(16)27-21)10-11-25-22(28)20-13-14-12-15(24)8-9-18(14)26-20/h4-9,12-13,26-27H,10-11H2,1-3H3,(H,25,28). The third kappa shape index (κ3) is 3.52. The van der Waals surface area contributed by atoms with Crippen LogP contribution in [0.2, 0.25) is 5.02 Å². The fourth-order valence-corrected chi connectivity index (χ4v) is 3.90. The van der Waals surface area contributed by atoms with E-state index in [0.29, 0.717) is 17.3 Å². The van der Waals surface area contributed by atoms with Crippen LogP contribution in [-0.2, 0) is 11.8 Å². The molecule has 144 valence electrons. The summed E-state index contributed by atoms with van der Waals surface area (Å²) < 4.78 is 0. The molecule has 3 N–H and O–H groups in total. The van der Waals surface area contributed by atoms with E-state index in [1.807, 2.05) is 30.3 Å². The van der Waals surface area contributed by atoms with E-state index in [2.05, 4.69) is 54.3 Å². The number of para-hydroxylation sites is 1. The Balaban J connectivity index is 1.52. The molecule has 0 saturated carbocycles. The molecule has 28 heavy (non-hydrogen) atoms. The second-order valence-electron chi connectivity index (χ2n) is 8.19. The van der Waals surface area contributed by atoms with Crippen LogP contribution >= 0.6 is 11.6 Å². The molecule has 0 unspecified atom stereocenters. The Morgan fingerprint density at radius 2 is 1.82 bits per heavy atom. The van der Waals surface area contributed by atoms with Gasteiger partial charge in [-0.2, -0.15) is 0 Å². The highest BCUT2D eigenvalue weighted by molar-refractivity contribution is 6.31. The average molecular weight is 394 g/mol. The highest BCUT2D eigenvalue weighted by atomic mass is 35.5. The minimum Gasteiger partial charge on any atom is -0.358 e. The van der Waals surface area contributed by atoms with Crippen molar-refractivity contribution in [3.63, 3.8) is 0 Å². The Labute approximate surface area is 169 Å². The molecule has 0 aliphatic rings. The molecule has 2 aromatic carbocycles. The maximum Gasteiger partial charge on any atom is 0.267 e. The van der Waals surface area contributed by atoms with Crippen LogP contribution in [0.3, 0.4) is 0 Å². The Morgan fingerprint density at radius 3 is 2.61 bits per heavy atom. The summed E-state index contributed by atoms with van der Waals surface area (Å²) in [6.07, 6.45) is 0.772. The van der Waals surface area contributed by atoms with Gasteiger partial charge in [0, 0.05) is 44.5 Å². The normalized spacial score (nSPS) is 12.0. The van der Waals surface area contributed by atoms with Gasteiger partial charge >= 0.3 is 0 Å². The average Bonchev–Trinajstić information content (AvgIpc) is 3.23. The van der Waals surface area contributed by atoms with Crippen molar-refractivity contribution in [1.82, 2.24) is 15.3 Å². The van der Waals surface area contributed by atoms with Crippen LogP contribution in [0.4, 0.5) is 0 Å². The smallest absolute Gasteiger partial charge is 0.267 e. The van der Waals surface area contributed by atoms with Gasteiger partial charge in [0.25, 0.3) is 5.91 Å². The molecule has 4 aromatic rings. The highest BCUT2D eigenvalue weighted by Gasteiger charge is 2.22. The van der Waals surface area contributed by atoms with Crippen LogP contribution in [0.25, 0.3) is 21.8 Å². The van der Waals surface area contributed by atoms with Gasteiger partial charge in [-0.25, -0.2) is 0 Å². The fraction of sp³-hybridized carbons (Fsp3) is 0.261. The number of aromatic amines is 2.